The molecule has 1 atom stereocenters. The van der Waals surface area contributed by atoms with Crippen molar-refractivity contribution in [1.29, 1.82) is 0 Å². The van der Waals surface area contributed by atoms with Crippen LogP contribution in [0.1, 0.15) is 52.4 Å². The minimum atomic E-state index is 0.233. The Morgan fingerprint density at radius 2 is 1.85 bits per heavy atom. The third kappa shape index (κ3) is 4.47. The fraction of sp³-hybridized carbons (Fsp3) is 0.786. The fourth-order valence-electron chi connectivity index (χ4n) is 2.69. The van der Waals surface area contributed by atoms with Crippen LogP contribution in [0, 0.1) is 5.92 Å². The van der Waals surface area contributed by atoms with Gasteiger partial charge in [0.2, 0.25) is 17.2 Å². The van der Waals surface area contributed by atoms with Crippen LogP contribution in [-0.2, 0) is 0 Å². The van der Waals surface area contributed by atoms with Crippen molar-refractivity contribution in [1.82, 2.24) is 15.0 Å². The highest BCUT2D eigenvalue weighted by Crippen LogP contribution is 2.27. The summed E-state index contributed by atoms with van der Waals surface area (Å²) in [6, 6.07) is 0.368. The predicted molar refractivity (Wildman–Crippen MR) is 83.3 cm³/mol. The first-order valence-electron chi connectivity index (χ1n) is 7.61. The van der Waals surface area contributed by atoms with Crippen molar-refractivity contribution in [3.63, 3.8) is 0 Å². The van der Waals surface area contributed by atoms with E-state index < -0.39 is 0 Å². The molecule has 0 spiro atoms. The highest BCUT2D eigenvalue weighted by Gasteiger charge is 2.20. The van der Waals surface area contributed by atoms with E-state index in [1.165, 1.54) is 32.1 Å². The summed E-state index contributed by atoms with van der Waals surface area (Å²) in [6.07, 6.45) is 7.62. The molecule has 0 saturated heterocycles. The molecule has 1 aliphatic rings. The molecule has 2 rings (SSSR count). The van der Waals surface area contributed by atoms with E-state index in [9.17, 15) is 0 Å². The van der Waals surface area contributed by atoms with Crippen molar-refractivity contribution in [3.05, 3.63) is 5.28 Å². The minimum Gasteiger partial charge on any atom is -0.354 e. The average Bonchev–Trinajstić information content (AvgIpc) is 2.45. The van der Waals surface area contributed by atoms with Crippen molar-refractivity contribution < 1.29 is 0 Å². The number of nitrogens with one attached hydrogen (secondary N) is 2. The Hall–Kier alpha value is -1.10. The summed E-state index contributed by atoms with van der Waals surface area (Å²) >= 11 is 5.96. The van der Waals surface area contributed by atoms with Gasteiger partial charge in [-0.25, -0.2) is 0 Å². The second-order valence-corrected chi connectivity index (χ2v) is 5.85. The summed E-state index contributed by atoms with van der Waals surface area (Å²) in [6.45, 7) is 5.13. The number of aromatic nitrogens is 3. The summed E-state index contributed by atoms with van der Waals surface area (Å²) in [5.74, 6) is 1.82. The second kappa shape index (κ2) is 7.62. The van der Waals surface area contributed by atoms with Gasteiger partial charge in [0.15, 0.2) is 0 Å². The first-order valence-corrected chi connectivity index (χ1v) is 7.99. The number of anilines is 2. The third-order valence-corrected chi connectivity index (χ3v) is 4.02. The molecule has 0 amide bonds. The Labute approximate surface area is 126 Å². The van der Waals surface area contributed by atoms with Crippen LogP contribution in [0.2, 0.25) is 5.28 Å². The number of halogens is 1. The molecule has 0 radical (unpaired) electrons. The Morgan fingerprint density at radius 3 is 2.55 bits per heavy atom. The minimum absolute atomic E-state index is 0.233. The van der Waals surface area contributed by atoms with E-state index in [4.69, 9.17) is 11.6 Å². The van der Waals surface area contributed by atoms with Gasteiger partial charge in [-0.1, -0.05) is 26.2 Å². The van der Waals surface area contributed by atoms with Crippen molar-refractivity contribution in [3.8, 4) is 0 Å². The summed E-state index contributed by atoms with van der Waals surface area (Å²) in [5.41, 5.74) is 0. The number of rotatable bonds is 6. The molecule has 0 bridgehead atoms. The normalized spacial score (nSPS) is 17.8. The van der Waals surface area contributed by atoms with Gasteiger partial charge in [-0.05, 0) is 43.7 Å². The Kier molecular flexibility index (Phi) is 5.83. The zero-order valence-electron chi connectivity index (χ0n) is 12.3. The fourth-order valence-corrected chi connectivity index (χ4v) is 2.85. The summed E-state index contributed by atoms with van der Waals surface area (Å²) in [7, 11) is 0. The van der Waals surface area contributed by atoms with Gasteiger partial charge in [-0.3, -0.25) is 0 Å². The van der Waals surface area contributed by atoms with E-state index in [2.05, 4.69) is 39.4 Å². The summed E-state index contributed by atoms with van der Waals surface area (Å²) in [5, 5.41) is 6.76. The molecule has 20 heavy (non-hydrogen) atoms. The Morgan fingerprint density at radius 1 is 1.15 bits per heavy atom. The highest BCUT2D eigenvalue weighted by molar-refractivity contribution is 6.28. The van der Waals surface area contributed by atoms with Crippen LogP contribution in [0.3, 0.4) is 0 Å². The molecule has 0 aromatic carbocycles. The van der Waals surface area contributed by atoms with Crippen molar-refractivity contribution in [2.45, 2.75) is 58.4 Å². The Balaban J connectivity index is 1.98. The molecule has 1 saturated carbocycles. The lowest BCUT2D eigenvalue weighted by atomic mass is 9.85. The standard InChI is InChI=1S/C14H24ClN5/c1-3-9-16-13-18-12(15)19-14(20-13)17-10(2)11-7-5-4-6-8-11/h10-11H,3-9H2,1-2H3,(H2,16,17,18,19,20). The zero-order valence-corrected chi connectivity index (χ0v) is 13.1. The van der Waals surface area contributed by atoms with Gasteiger partial charge in [0.05, 0.1) is 0 Å². The quantitative estimate of drug-likeness (QED) is 0.838. The molecular weight excluding hydrogens is 274 g/mol. The summed E-state index contributed by atoms with van der Waals surface area (Å²) in [4.78, 5) is 12.6. The molecule has 1 aliphatic carbocycles. The van der Waals surface area contributed by atoms with Gasteiger partial charge in [0.1, 0.15) is 0 Å². The van der Waals surface area contributed by atoms with Crippen LogP contribution in [0.25, 0.3) is 0 Å². The maximum atomic E-state index is 5.96. The number of hydrogen-bond donors (Lipinski definition) is 2. The van der Waals surface area contributed by atoms with Gasteiger partial charge >= 0.3 is 0 Å². The molecule has 2 N–H and O–H groups in total. The van der Waals surface area contributed by atoms with E-state index in [0.29, 0.717) is 23.9 Å². The average molecular weight is 298 g/mol. The van der Waals surface area contributed by atoms with Gasteiger partial charge in [0.25, 0.3) is 0 Å². The summed E-state index contributed by atoms with van der Waals surface area (Å²) < 4.78 is 0. The lowest BCUT2D eigenvalue weighted by Crippen LogP contribution is -2.28. The lowest BCUT2D eigenvalue weighted by Gasteiger charge is -2.28. The van der Waals surface area contributed by atoms with Crippen LogP contribution in [-0.4, -0.2) is 27.5 Å². The third-order valence-electron chi connectivity index (χ3n) is 3.85. The van der Waals surface area contributed by atoms with Crippen molar-refractivity contribution in [2.75, 3.05) is 17.2 Å². The van der Waals surface area contributed by atoms with Gasteiger partial charge in [0, 0.05) is 12.6 Å². The molecule has 6 heteroatoms. The van der Waals surface area contributed by atoms with E-state index in [0.717, 1.165) is 13.0 Å². The van der Waals surface area contributed by atoms with E-state index in [1.807, 2.05) is 0 Å². The molecule has 1 aromatic heterocycles. The first-order chi connectivity index (χ1) is 9.69. The topological polar surface area (TPSA) is 62.7 Å². The number of nitrogens with zero attached hydrogens (tertiary/aromatic N) is 3. The molecule has 1 unspecified atom stereocenters. The highest BCUT2D eigenvalue weighted by atomic mass is 35.5. The maximum absolute atomic E-state index is 5.96. The van der Waals surface area contributed by atoms with Crippen molar-refractivity contribution >= 4 is 23.5 Å². The van der Waals surface area contributed by atoms with Gasteiger partial charge in [-0.15, -0.1) is 0 Å². The van der Waals surface area contributed by atoms with Crippen LogP contribution >= 0.6 is 11.6 Å². The maximum Gasteiger partial charge on any atom is 0.229 e. The van der Waals surface area contributed by atoms with Crippen LogP contribution in [0.4, 0.5) is 11.9 Å². The lowest BCUT2D eigenvalue weighted by molar-refractivity contribution is 0.327. The van der Waals surface area contributed by atoms with Gasteiger partial charge < -0.3 is 10.6 Å². The zero-order chi connectivity index (χ0) is 14.4. The predicted octanol–water partition coefficient (Wildman–Crippen LogP) is 3.73. The van der Waals surface area contributed by atoms with Crippen LogP contribution in [0.15, 0.2) is 0 Å². The molecular formula is C14H24ClN5. The molecule has 5 nitrogen and oxygen atoms in total. The smallest absolute Gasteiger partial charge is 0.229 e. The van der Waals surface area contributed by atoms with Crippen molar-refractivity contribution in [2.24, 2.45) is 5.92 Å². The van der Waals surface area contributed by atoms with E-state index in [-0.39, 0.29) is 5.28 Å². The molecule has 112 valence electrons. The van der Waals surface area contributed by atoms with Crippen LogP contribution < -0.4 is 10.6 Å². The largest absolute Gasteiger partial charge is 0.354 e. The van der Waals surface area contributed by atoms with E-state index >= 15 is 0 Å². The monoisotopic (exact) mass is 297 g/mol. The van der Waals surface area contributed by atoms with Crippen LogP contribution in [0.5, 0.6) is 0 Å². The Bertz CT molecular complexity index is 420. The molecule has 1 heterocycles. The molecule has 1 fully saturated rings. The first kappa shape index (κ1) is 15.3. The SMILES string of the molecule is CCCNc1nc(Cl)nc(NC(C)C2CCCCC2)n1. The van der Waals surface area contributed by atoms with E-state index in [1.54, 1.807) is 0 Å². The number of hydrogen-bond acceptors (Lipinski definition) is 5. The second-order valence-electron chi connectivity index (χ2n) is 5.51. The van der Waals surface area contributed by atoms with Gasteiger partial charge in [-0.2, -0.15) is 15.0 Å². The molecule has 1 aromatic rings. The molecule has 0 aliphatic heterocycles.